The fraction of sp³-hybridized carbons (Fsp3) is 0.139. The number of fused-ring (bicyclic) bond motifs is 3. The minimum absolute atomic E-state index is 0.0725. The number of carbonyl (C=O) groups is 1. The molecule has 2 nitrogen and oxygen atoms in total. The molecule has 5 aromatic rings. The number of benzene rings is 5. The number of hydrogen-bond donors (Lipinski definition) is 0. The molecule has 0 saturated heterocycles. The second-order valence-electron chi connectivity index (χ2n) is 11.1. The molecule has 1 atom stereocenters. The number of ether oxygens (including phenoxy) is 1. The first kappa shape index (κ1) is 25.3. The smallest absolute Gasteiger partial charge is 0.150 e. The van der Waals surface area contributed by atoms with Gasteiger partial charge in [0.1, 0.15) is 17.8 Å². The third-order valence-corrected chi connectivity index (χ3v) is 8.22. The highest BCUT2D eigenvalue weighted by Crippen LogP contribution is 2.56. The molecule has 6 rings (SSSR count). The lowest BCUT2D eigenvalue weighted by molar-refractivity contribution is 0.112. The molecule has 0 heterocycles. The first-order valence-electron chi connectivity index (χ1n) is 13.2. The lowest BCUT2D eigenvalue weighted by atomic mass is 9.67. The van der Waals surface area contributed by atoms with Crippen LogP contribution in [-0.4, -0.2) is 6.29 Å². The minimum atomic E-state index is -0.476. The van der Waals surface area contributed by atoms with Crippen LogP contribution in [0.4, 0.5) is 0 Å². The Kier molecular flexibility index (Phi) is 6.28. The van der Waals surface area contributed by atoms with E-state index in [2.05, 4.69) is 116 Å². The first-order valence-corrected chi connectivity index (χ1v) is 13.9. The Morgan fingerprint density at radius 3 is 1.85 bits per heavy atom. The van der Waals surface area contributed by atoms with Gasteiger partial charge in [0.05, 0.1) is 5.41 Å². The minimum Gasteiger partial charge on any atom is -0.457 e. The summed E-state index contributed by atoms with van der Waals surface area (Å²) in [6, 6.07) is 40.1. The Bertz CT molecular complexity index is 1660. The number of rotatable bonds is 5. The lowest BCUT2D eigenvalue weighted by Gasteiger charge is -2.34. The van der Waals surface area contributed by atoms with Crippen molar-refractivity contribution >= 4 is 22.2 Å². The largest absolute Gasteiger partial charge is 0.457 e. The van der Waals surface area contributed by atoms with E-state index < -0.39 is 5.41 Å². The molecule has 0 aliphatic heterocycles. The van der Waals surface area contributed by atoms with Crippen LogP contribution in [0.25, 0.3) is 11.1 Å². The predicted octanol–water partition coefficient (Wildman–Crippen LogP) is 9.71. The van der Waals surface area contributed by atoms with Crippen molar-refractivity contribution in [2.75, 3.05) is 0 Å². The zero-order valence-electron chi connectivity index (χ0n) is 22.2. The molecule has 0 saturated carbocycles. The number of aldehydes is 1. The molecule has 0 bridgehead atoms. The van der Waals surface area contributed by atoms with E-state index in [1.54, 1.807) is 12.1 Å². The summed E-state index contributed by atoms with van der Waals surface area (Å²) in [5.74, 6) is 1.44. The van der Waals surface area contributed by atoms with Crippen molar-refractivity contribution in [3.05, 3.63) is 153 Å². The molecule has 0 amide bonds. The van der Waals surface area contributed by atoms with Crippen LogP contribution in [0.5, 0.6) is 11.5 Å². The number of halogens is 1. The van der Waals surface area contributed by atoms with E-state index in [0.29, 0.717) is 11.3 Å². The molecule has 5 aromatic carbocycles. The van der Waals surface area contributed by atoms with Crippen LogP contribution in [0.1, 0.15) is 58.9 Å². The topological polar surface area (TPSA) is 26.3 Å². The molecule has 3 heteroatoms. The van der Waals surface area contributed by atoms with Gasteiger partial charge in [-0.1, -0.05) is 103 Å². The van der Waals surface area contributed by atoms with E-state index in [1.807, 2.05) is 24.3 Å². The predicted molar refractivity (Wildman–Crippen MR) is 162 cm³/mol. The zero-order valence-corrected chi connectivity index (χ0v) is 23.8. The van der Waals surface area contributed by atoms with E-state index in [1.165, 1.54) is 38.9 Å². The summed E-state index contributed by atoms with van der Waals surface area (Å²) in [5.41, 5.74) is 9.00. The van der Waals surface area contributed by atoms with Gasteiger partial charge in [-0.2, -0.15) is 0 Å². The van der Waals surface area contributed by atoms with E-state index in [-0.39, 0.29) is 5.41 Å². The molecule has 0 fully saturated rings. The summed E-state index contributed by atoms with van der Waals surface area (Å²) in [7, 11) is 0. The van der Waals surface area contributed by atoms with Gasteiger partial charge in [-0.3, -0.25) is 4.79 Å². The summed E-state index contributed by atoms with van der Waals surface area (Å²) in [5, 5.41) is 0. The molecule has 0 radical (unpaired) electrons. The Labute approximate surface area is 238 Å². The quantitative estimate of drug-likeness (QED) is 0.192. The molecular weight excluding hydrogens is 544 g/mol. The van der Waals surface area contributed by atoms with Crippen LogP contribution in [0.15, 0.2) is 120 Å². The SMILES string of the molecule is CC(C)(C)c1ccc(C2(c3ccc(Oc4ccc(C=O)cc4)cc3)c3ccccc3-c3ccc(Br)cc32)cc1. The monoisotopic (exact) mass is 572 g/mol. The summed E-state index contributed by atoms with van der Waals surface area (Å²) in [6.45, 7) is 6.75. The van der Waals surface area contributed by atoms with Crippen LogP contribution in [-0.2, 0) is 10.8 Å². The van der Waals surface area contributed by atoms with E-state index in [4.69, 9.17) is 4.74 Å². The van der Waals surface area contributed by atoms with Gasteiger partial charge in [0, 0.05) is 10.0 Å². The van der Waals surface area contributed by atoms with Crippen LogP contribution in [0, 0.1) is 0 Å². The van der Waals surface area contributed by atoms with Gasteiger partial charge < -0.3 is 4.74 Å². The normalized spacial score (nSPS) is 15.9. The van der Waals surface area contributed by atoms with E-state index in [0.717, 1.165) is 16.5 Å². The second kappa shape index (κ2) is 9.66. The maximum Gasteiger partial charge on any atom is 0.150 e. The Balaban J connectivity index is 1.53. The maximum absolute atomic E-state index is 11.0. The molecule has 1 aliphatic carbocycles. The third-order valence-electron chi connectivity index (χ3n) is 7.73. The molecule has 1 unspecified atom stereocenters. The Morgan fingerprint density at radius 1 is 0.667 bits per heavy atom. The maximum atomic E-state index is 11.0. The molecule has 192 valence electrons. The van der Waals surface area contributed by atoms with Crippen molar-refractivity contribution in [2.24, 2.45) is 0 Å². The summed E-state index contributed by atoms with van der Waals surface area (Å²) >= 11 is 3.76. The van der Waals surface area contributed by atoms with Gasteiger partial charge in [-0.25, -0.2) is 0 Å². The average Bonchev–Trinajstić information content (AvgIpc) is 3.24. The fourth-order valence-corrected chi connectivity index (χ4v) is 6.15. The molecule has 0 spiro atoms. The molecular formula is C36H29BrO2. The van der Waals surface area contributed by atoms with Gasteiger partial charge in [0.25, 0.3) is 0 Å². The molecule has 39 heavy (non-hydrogen) atoms. The lowest BCUT2D eigenvalue weighted by Crippen LogP contribution is -2.28. The van der Waals surface area contributed by atoms with Gasteiger partial charge in [-0.05, 0) is 92.9 Å². The van der Waals surface area contributed by atoms with Crippen LogP contribution in [0.2, 0.25) is 0 Å². The fourth-order valence-electron chi connectivity index (χ4n) is 5.78. The highest BCUT2D eigenvalue weighted by molar-refractivity contribution is 9.10. The van der Waals surface area contributed by atoms with Crippen molar-refractivity contribution in [1.82, 2.24) is 0 Å². The number of hydrogen-bond acceptors (Lipinski definition) is 2. The highest BCUT2D eigenvalue weighted by Gasteiger charge is 2.46. The van der Waals surface area contributed by atoms with Crippen molar-refractivity contribution in [3.8, 4) is 22.6 Å². The summed E-state index contributed by atoms with van der Waals surface area (Å²) in [6.07, 6.45) is 0.835. The van der Waals surface area contributed by atoms with Crippen LogP contribution < -0.4 is 4.74 Å². The first-order chi connectivity index (χ1) is 18.8. The Morgan fingerprint density at radius 2 is 1.23 bits per heavy atom. The highest BCUT2D eigenvalue weighted by atomic mass is 79.9. The Hall–Kier alpha value is -3.95. The van der Waals surface area contributed by atoms with Crippen molar-refractivity contribution < 1.29 is 9.53 Å². The van der Waals surface area contributed by atoms with Crippen LogP contribution >= 0.6 is 15.9 Å². The van der Waals surface area contributed by atoms with Crippen LogP contribution in [0.3, 0.4) is 0 Å². The zero-order chi connectivity index (χ0) is 27.2. The van der Waals surface area contributed by atoms with E-state index >= 15 is 0 Å². The van der Waals surface area contributed by atoms with Gasteiger partial charge >= 0.3 is 0 Å². The van der Waals surface area contributed by atoms with Crippen molar-refractivity contribution in [2.45, 2.75) is 31.6 Å². The van der Waals surface area contributed by atoms with Crippen molar-refractivity contribution in [1.29, 1.82) is 0 Å². The number of carbonyl (C=O) groups excluding carboxylic acids is 1. The van der Waals surface area contributed by atoms with Gasteiger partial charge in [0.2, 0.25) is 0 Å². The standard InChI is InChI=1S/C36H29BrO2/c1-35(2,3)25-10-12-26(13-11-25)36(33-7-5-4-6-31(33)32-21-16-28(37)22-34(32)36)27-14-19-30(20-15-27)39-29-17-8-24(23-38)9-18-29/h4-23H,1-3H3. The van der Waals surface area contributed by atoms with Gasteiger partial charge in [-0.15, -0.1) is 0 Å². The average molecular weight is 574 g/mol. The summed E-state index contributed by atoms with van der Waals surface area (Å²) in [4.78, 5) is 11.0. The van der Waals surface area contributed by atoms with E-state index in [9.17, 15) is 4.79 Å². The molecule has 1 aliphatic rings. The summed E-state index contributed by atoms with van der Waals surface area (Å²) < 4.78 is 7.18. The molecule has 0 N–H and O–H groups in total. The van der Waals surface area contributed by atoms with Crippen molar-refractivity contribution in [3.63, 3.8) is 0 Å². The van der Waals surface area contributed by atoms with Gasteiger partial charge in [0.15, 0.2) is 0 Å². The second-order valence-corrected chi connectivity index (χ2v) is 12.0. The molecule has 0 aromatic heterocycles. The third kappa shape index (κ3) is 4.31.